The van der Waals surface area contributed by atoms with E-state index in [1.165, 1.54) is 0 Å². The van der Waals surface area contributed by atoms with Gasteiger partial charge in [0.05, 0.1) is 19.8 Å². The average Bonchev–Trinajstić information content (AvgIpc) is 2.52. The first-order valence-corrected chi connectivity index (χ1v) is 8.25. The SMILES string of the molecule is CCN(CC)C(C)CN=C(N)NCCCN1CCOCC1.I. The predicted octanol–water partition coefficient (Wildman–Crippen LogP) is 0.961. The first-order chi connectivity index (χ1) is 10.2. The van der Waals surface area contributed by atoms with Gasteiger partial charge in [-0.25, -0.2) is 0 Å². The molecular weight excluding hydrogens is 393 g/mol. The van der Waals surface area contributed by atoms with Crippen molar-refractivity contribution in [1.29, 1.82) is 0 Å². The van der Waals surface area contributed by atoms with Crippen LogP contribution in [0.2, 0.25) is 0 Å². The first kappa shape index (κ1) is 21.9. The van der Waals surface area contributed by atoms with Gasteiger partial charge in [0.25, 0.3) is 0 Å². The maximum Gasteiger partial charge on any atom is 0.188 e. The van der Waals surface area contributed by atoms with E-state index in [1.54, 1.807) is 0 Å². The molecule has 1 atom stereocenters. The molecule has 1 rings (SSSR count). The van der Waals surface area contributed by atoms with E-state index in [0.29, 0.717) is 12.0 Å². The molecule has 0 aromatic rings. The van der Waals surface area contributed by atoms with E-state index in [4.69, 9.17) is 10.5 Å². The van der Waals surface area contributed by atoms with Gasteiger partial charge in [0.2, 0.25) is 0 Å². The molecule has 1 aliphatic heterocycles. The van der Waals surface area contributed by atoms with E-state index < -0.39 is 0 Å². The van der Waals surface area contributed by atoms with E-state index in [0.717, 1.165) is 65.4 Å². The predicted molar refractivity (Wildman–Crippen MR) is 104 cm³/mol. The van der Waals surface area contributed by atoms with Gasteiger partial charge >= 0.3 is 0 Å². The fourth-order valence-corrected chi connectivity index (χ4v) is 2.59. The van der Waals surface area contributed by atoms with Crippen LogP contribution in [-0.4, -0.2) is 80.8 Å². The molecule has 0 aromatic carbocycles. The van der Waals surface area contributed by atoms with Gasteiger partial charge in [0.1, 0.15) is 0 Å². The smallest absolute Gasteiger partial charge is 0.188 e. The molecule has 0 saturated carbocycles. The molecule has 22 heavy (non-hydrogen) atoms. The van der Waals surface area contributed by atoms with Crippen LogP contribution >= 0.6 is 24.0 Å². The highest BCUT2D eigenvalue weighted by atomic mass is 127. The highest BCUT2D eigenvalue weighted by Gasteiger charge is 2.10. The Labute approximate surface area is 152 Å². The maximum atomic E-state index is 5.91. The van der Waals surface area contributed by atoms with Crippen molar-refractivity contribution in [2.24, 2.45) is 10.7 Å². The standard InChI is InChI=1S/C15H33N5O.HI/c1-4-20(5-2)14(3)13-18-15(16)17-7-6-8-19-9-11-21-12-10-19;/h14H,4-13H2,1-3H3,(H3,16,17,18);1H. The summed E-state index contributed by atoms with van der Waals surface area (Å²) in [5.74, 6) is 0.566. The lowest BCUT2D eigenvalue weighted by Gasteiger charge is -2.26. The summed E-state index contributed by atoms with van der Waals surface area (Å²) in [6.45, 7) is 15.2. The van der Waals surface area contributed by atoms with Crippen LogP contribution in [0.15, 0.2) is 4.99 Å². The zero-order chi connectivity index (χ0) is 15.5. The number of rotatable bonds is 9. The Balaban J connectivity index is 0.00000441. The van der Waals surface area contributed by atoms with Gasteiger partial charge in [0.15, 0.2) is 5.96 Å². The molecule has 0 radical (unpaired) electrons. The van der Waals surface area contributed by atoms with E-state index in [1.807, 2.05) is 0 Å². The molecule has 1 saturated heterocycles. The van der Waals surface area contributed by atoms with Gasteiger partial charge in [-0.1, -0.05) is 13.8 Å². The third-order valence-electron chi connectivity index (χ3n) is 4.02. The van der Waals surface area contributed by atoms with Gasteiger partial charge in [0, 0.05) is 25.7 Å². The normalized spacial score (nSPS) is 18.1. The second-order valence-corrected chi connectivity index (χ2v) is 5.53. The molecule has 0 spiro atoms. The summed E-state index contributed by atoms with van der Waals surface area (Å²) in [4.78, 5) is 9.25. The third-order valence-corrected chi connectivity index (χ3v) is 4.02. The minimum absolute atomic E-state index is 0. The average molecular weight is 427 g/mol. The van der Waals surface area contributed by atoms with Crippen LogP contribution < -0.4 is 11.1 Å². The molecule has 1 aliphatic rings. The molecule has 1 unspecified atom stereocenters. The number of guanidine groups is 1. The number of halogens is 1. The third kappa shape index (κ3) is 9.12. The molecule has 1 heterocycles. The molecule has 0 amide bonds. The Morgan fingerprint density at radius 3 is 2.55 bits per heavy atom. The number of likely N-dealkylation sites (N-methyl/N-ethyl adjacent to an activating group) is 1. The monoisotopic (exact) mass is 427 g/mol. The highest BCUT2D eigenvalue weighted by Crippen LogP contribution is 1.99. The molecule has 6 nitrogen and oxygen atoms in total. The Morgan fingerprint density at radius 1 is 1.32 bits per heavy atom. The quantitative estimate of drug-likeness (QED) is 0.248. The van der Waals surface area contributed by atoms with Crippen molar-refractivity contribution >= 4 is 29.9 Å². The zero-order valence-corrected chi connectivity index (χ0v) is 16.7. The number of ether oxygens (including phenoxy) is 1. The maximum absolute atomic E-state index is 5.91. The number of aliphatic imine (C=N–C) groups is 1. The Hall–Kier alpha value is -0.120. The summed E-state index contributed by atoms with van der Waals surface area (Å²) < 4.78 is 5.34. The number of morpholine rings is 1. The number of nitrogens with one attached hydrogen (secondary N) is 1. The van der Waals surface area contributed by atoms with Gasteiger partial charge in [-0.05, 0) is 33.0 Å². The van der Waals surface area contributed by atoms with Crippen molar-refractivity contribution in [2.75, 3.05) is 59.0 Å². The fraction of sp³-hybridized carbons (Fsp3) is 0.933. The lowest BCUT2D eigenvalue weighted by molar-refractivity contribution is 0.0376. The van der Waals surface area contributed by atoms with Gasteiger partial charge in [-0.2, -0.15) is 0 Å². The Morgan fingerprint density at radius 2 is 1.95 bits per heavy atom. The van der Waals surface area contributed by atoms with E-state index >= 15 is 0 Å². The van der Waals surface area contributed by atoms with Crippen molar-refractivity contribution in [3.8, 4) is 0 Å². The number of nitrogens with two attached hydrogens (primary N) is 1. The van der Waals surface area contributed by atoms with Gasteiger partial charge < -0.3 is 15.8 Å². The number of nitrogens with zero attached hydrogens (tertiary/aromatic N) is 3. The zero-order valence-electron chi connectivity index (χ0n) is 14.4. The minimum Gasteiger partial charge on any atom is -0.379 e. The van der Waals surface area contributed by atoms with Crippen molar-refractivity contribution in [2.45, 2.75) is 33.2 Å². The minimum atomic E-state index is 0. The van der Waals surface area contributed by atoms with Gasteiger partial charge in [-0.3, -0.25) is 14.8 Å². The van der Waals surface area contributed by atoms with Crippen LogP contribution in [-0.2, 0) is 4.74 Å². The summed E-state index contributed by atoms with van der Waals surface area (Å²) in [6, 6.07) is 0.439. The van der Waals surface area contributed by atoms with E-state index in [-0.39, 0.29) is 24.0 Å². The second-order valence-electron chi connectivity index (χ2n) is 5.53. The van der Waals surface area contributed by atoms with E-state index in [2.05, 4.69) is 40.9 Å². The molecule has 132 valence electrons. The van der Waals surface area contributed by atoms with Crippen molar-refractivity contribution in [3.05, 3.63) is 0 Å². The largest absolute Gasteiger partial charge is 0.379 e. The fourth-order valence-electron chi connectivity index (χ4n) is 2.59. The van der Waals surface area contributed by atoms with Crippen LogP contribution in [0.1, 0.15) is 27.2 Å². The molecule has 7 heteroatoms. The number of hydrogen-bond acceptors (Lipinski definition) is 4. The van der Waals surface area contributed by atoms with Crippen molar-refractivity contribution < 1.29 is 4.74 Å². The van der Waals surface area contributed by atoms with Crippen LogP contribution in [0.3, 0.4) is 0 Å². The molecule has 1 fully saturated rings. The number of hydrogen-bond donors (Lipinski definition) is 2. The Kier molecular flexibility index (Phi) is 13.3. The summed E-state index contributed by atoms with van der Waals surface area (Å²) in [7, 11) is 0. The van der Waals surface area contributed by atoms with Crippen LogP contribution in [0.5, 0.6) is 0 Å². The molecule has 0 bridgehead atoms. The molecule has 0 aromatic heterocycles. The van der Waals surface area contributed by atoms with Crippen molar-refractivity contribution in [3.63, 3.8) is 0 Å². The van der Waals surface area contributed by atoms with Crippen LogP contribution in [0.4, 0.5) is 0 Å². The highest BCUT2D eigenvalue weighted by molar-refractivity contribution is 14.0. The molecular formula is C15H34IN5O. The van der Waals surface area contributed by atoms with Crippen LogP contribution in [0.25, 0.3) is 0 Å². The molecule has 0 aliphatic carbocycles. The summed E-state index contributed by atoms with van der Waals surface area (Å²) in [5, 5.41) is 3.20. The summed E-state index contributed by atoms with van der Waals surface area (Å²) in [5.41, 5.74) is 5.91. The Bertz CT molecular complexity index is 294. The van der Waals surface area contributed by atoms with E-state index in [9.17, 15) is 0 Å². The van der Waals surface area contributed by atoms with Crippen LogP contribution in [0, 0.1) is 0 Å². The second kappa shape index (κ2) is 13.3. The lowest BCUT2D eigenvalue weighted by Crippen LogP contribution is -2.40. The van der Waals surface area contributed by atoms with Crippen molar-refractivity contribution in [1.82, 2.24) is 15.1 Å². The van der Waals surface area contributed by atoms with Gasteiger partial charge in [-0.15, -0.1) is 24.0 Å². The topological polar surface area (TPSA) is 66.1 Å². The summed E-state index contributed by atoms with van der Waals surface area (Å²) in [6.07, 6.45) is 1.09. The lowest BCUT2D eigenvalue weighted by atomic mass is 10.3. The first-order valence-electron chi connectivity index (χ1n) is 8.25. The summed E-state index contributed by atoms with van der Waals surface area (Å²) >= 11 is 0. The molecule has 3 N–H and O–H groups in total.